The number of benzene rings is 1. The van der Waals surface area contributed by atoms with Crippen LogP contribution in [-0.2, 0) is 13.0 Å². The van der Waals surface area contributed by atoms with Crippen molar-refractivity contribution in [2.45, 2.75) is 19.0 Å². The molecule has 1 unspecified atom stereocenters. The highest BCUT2D eigenvalue weighted by atomic mass is 35.5. The molecule has 8 nitrogen and oxygen atoms in total. The van der Waals surface area contributed by atoms with E-state index in [-0.39, 0.29) is 17.6 Å². The van der Waals surface area contributed by atoms with E-state index in [0.717, 1.165) is 22.5 Å². The molecule has 1 aromatic carbocycles. The number of aromatic nitrogens is 6. The van der Waals surface area contributed by atoms with Crippen LogP contribution in [-0.4, -0.2) is 47.3 Å². The Hall–Kier alpha value is -3.52. The molecule has 1 atom stereocenters. The fourth-order valence-corrected chi connectivity index (χ4v) is 3.99. The van der Waals surface area contributed by atoms with E-state index in [1.54, 1.807) is 34.5 Å². The molecule has 30 heavy (non-hydrogen) atoms. The van der Waals surface area contributed by atoms with Crippen molar-refractivity contribution < 1.29 is 4.79 Å². The summed E-state index contributed by atoms with van der Waals surface area (Å²) in [6.45, 7) is 0.987. The maximum Gasteiger partial charge on any atom is 0.276 e. The van der Waals surface area contributed by atoms with E-state index >= 15 is 0 Å². The number of carbonyl (C=O) groups is 1. The van der Waals surface area contributed by atoms with Gasteiger partial charge in [0.25, 0.3) is 5.91 Å². The third kappa shape index (κ3) is 3.35. The molecule has 1 N–H and O–H groups in total. The second-order valence-corrected chi connectivity index (χ2v) is 7.50. The summed E-state index contributed by atoms with van der Waals surface area (Å²) in [6, 6.07) is 11.0. The standard InChI is InChI=1S/C21H18ClN7O/c22-16-6-2-1-4-15(16)11-28-12-18(26-27-28)21(30)29-9-7-17-19(25-13-24-17)20(29)14-5-3-8-23-10-14/h1-6,8,10,12-13,20H,7,9,11H2,(H,24,25). The molecule has 4 aromatic rings. The van der Waals surface area contributed by atoms with Gasteiger partial charge in [-0.3, -0.25) is 9.78 Å². The smallest absolute Gasteiger partial charge is 0.276 e. The van der Waals surface area contributed by atoms with Gasteiger partial charge in [0.05, 0.1) is 24.8 Å². The Kier molecular flexibility index (Phi) is 4.76. The van der Waals surface area contributed by atoms with E-state index in [9.17, 15) is 4.79 Å². The SMILES string of the molecule is O=C(c1cn(Cc2ccccc2Cl)nn1)N1CCc2[nH]cnc2C1c1cccnc1. The van der Waals surface area contributed by atoms with E-state index in [0.29, 0.717) is 24.5 Å². The number of fused-ring (bicyclic) bond motifs is 1. The molecule has 1 aliphatic rings. The number of H-pyrrole nitrogens is 1. The number of imidazole rings is 1. The fourth-order valence-electron chi connectivity index (χ4n) is 3.79. The maximum absolute atomic E-state index is 13.4. The second kappa shape index (κ2) is 7.72. The minimum absolute atomic E-state index is 0.192. The fraction of sp³-hybridized carbons (Fsp3) is 0.190. The molecule has 0 bridgehead atoms. The molecule has 0 spiro atoms. The molecular weight excluding hydrogens is 402 g/mol. The first-order chi connectivity index (χ1) is 14.7. The number of hydrogen-bond acceptors (Lipinski definition) is 5. The van der Waals surface area contributed by atoms with Crippen LogP contribution in [0, 0.1) is 0 Å². The summed E-state index contributed by atoms with van der Waals surface area (Å²) in [5, 5.41) is 8.90. The number of nitrogens with one attached hydrogen (secondary N) is 1. The molecule has 1 aliphatic heterocycles. The van der Waals surface area contributed by atoms with Crippen molar-refractivity contribution in [3.05, 3.63) is 94.5 Å². The lowest BCUT2D eigenvalue weighted by atomic mass is 9.96. The van der Waals surface area contributed by atoms with E-state index in [4.69, 9.17) is 11.6 Å². The summed E-state index contributed by atoms with van der Waals surface area (Å²) >= 11 is 6.24. The minimum Gasteiger partial charge on any atom is -0.348 e. The third-order valence-electron chi connectivity index (χ3n) is 5.23. The van der Waals surface area contributed by atoms with Gasteiger partial charge in [-0.25, -0.2) is 9.67 Å². The van der Waals surface area contributed by atoms with Crippen LogP contribution in [0.15, 0.2) is 61.3 Å². The van der Waals surface area contributed by atoms with Crippen LogP contribution in [0.4, 0.5) is 0 Å². The van der Waals surface area contributed by atoms with Gasteiger partial charge < -0.3 is 9.88 Å². The van der Waals surface area contributed by atoms with Crippen LogP contribution >= 0.6 is 11.6 Å². The van der Waals surface area contributed by atoms with Gasteiger partial charge in [-0.05, 0) is 23.3 Å². The van der Waals surface area contributed by atoms with Crippen LogP contribution < -0.4 is 0 Å². The number of rotatable bonds is 4. The Bertz CT molecular complexity index is 1190. The van der Waals surface area contributed by atoms with Crippen LogP contribution in [0.2, 0.25) is 5.02 Å². The van der Waals surface area contributed by atoms with Crippen LogP contribution in [0.25, 0.3) is 0 Å². The van der Waals surface area contributed by atoms with E-state index in [1.807, 2.05) is 36.4 Å². The number of amides is 1. The van der Waals surface area contributed by atoms with E-state index in [1.165, 1.54) is 0 Å². The highest BCUT2D eigenvalue weighted by Crippen LogP contribution is 2.33. The topological polar surface area (TPSA) is 92.6 Å². The molecule has 4 heterocycles. The summed E-state index contributed by atoms with van der Waals surface area (Å²) in [6.07, 6.45) is 7.51. The Morgan fingerprint density at radius 3 is 2.97 bits per heavy atom. The molecule has 9 heteroatoms. The largest absolute Gasteiger partial charge is 0.348 e. The first kappa shape index (κ1) is 18.5. The molecule has 0 fully saturated rings. The van der Waals surface area contributed by atoms with Gasteiger partial charge in [-0.2, -0.15) is 0 Å². The third-order valence-corrected chi connectivity index (χ3v) is 5.60. The first-order valence-corrected chi connectivity index (χ1v) is 9.95. The van der Waals surface area contributed by atoms with Gasteiger partial charge in [-0.1, -0.05) is 41.1 Å². The summed E-state index contributed by atoms with van der Waals surface area (Å²) in [5.41, 5.74) is 3.98. The zero-order valence-electron chi connectivity index (χ0n) is 15.9. The first-order valence-electron chi connectivity index (χ1n) is 9.57. The lowest BCUT2D eigenvalue weighted by Crippen LogP contribution is -2.41. The number of hydrogen-bond donors (Lipinski definition) is 1. The Morgan fingerprint density at radius 1 is 1.23 bits per heavy atom. The van der Waals surface area contributed by atoms with E-state index in [2.05, 4.69) is 25.3 Å². The number of pyridine rings is 1. The average molecular weight is 420 g/mol. The zero-order chi connectivity index (χ0) is 20.5. The molecule has 150 valence electrons. The number of aromatic amines is 1. The van der Waals surface area contributed by atoms with Crippen molar-refractivity contribution >= 4 is 17.5 Å². The predicted octanol–water partition coefficient (Wildman–Crippen LogP) is 2.89. The van der Waals surface area contributed by atoms with Gasteiger partial charge in [-0.15, -0.1) is 5.10 Å². The molecule has 0 saturated heterocycles. The highest BCUT2D eigenvalue weighted by Gasteiger charge is 2.35. The molecule has 0 saturated carbocycles. The van der Waals surface area contributed by atoms with Crippen molar-refractivity contribution in [2.75, 3.05) is 6.54 Å². The van der Waals surface area contributed by atoms with Crippen LogP contribution in [0.1, 0.15) is 39.0 Å². The Labute approximate surface area is 177 Å². The second-order valence-electron chi connectivity index (χ2n) is 7.10. The van der Waals surface area contributed by atoms with Gasteiger partial charge in [0.15, 0.2) is 5.69 Å². The van der Waals surface area contributed by atoms with Crippen LogP contribution in [0.5, 0.6) is 0 Å². The van der Waals surface area contributed by atoms with Crippen molar-refractivity contribution in [1.82, 2.24) is 34.8 Å². The van der Waals surface area contributed by atoms with Gasteiger partial charge in [0.2, 0.25) is 0 Å². The van der Waals surface area contributed by atoms with E-state index < -0.39 is 0 Å². The molecule has 0 radical (unpaired) electrons. The van der Waals surface area contributed by atoms with Gasteiger partial charge in [0, 0.05) is 36.1 Å². The summed E-state index contributed by atoms with van der Waals surface area (Å²) in [5.74, 6) is -0.192. The summed E-state index contributed by atoms with van der Waals surface area (Å²) in [4.78, 5) is 27.0. The average Bonchev–Trinajstić information content (AvgIpc) is 3.44. The zero-order valence-corrected chi connectivity index (χ0v) is 16.7. The van der Waals surface area contributed by atoms with Crippen molar-refractivity contribution in [1.29, 1.82) is 0 Å². The molecular formula is C21H18ClN7O. The Balaban J connectivity index is 1.44. The highest BCUT2D eigenvalue weighted by molar-refractivity contribution is 6.31. The van der Waals surface area contributed by atoms with Crippen molar-refractivity contribution in [2.24, 2.45) is 0 Å². The lowest BCUT2D eigenvalue weighted by molar-refractivity contribution is 0.0684. The van der Waals surface area contributed by atoms with Gasteiger partial charge >= 0.3 is 0 Å². The van der Waals surface area contributed by atoms with Gasteiger partial charge in [0.1, 0.15) is 6.04 Å². The lowest BCUT2D eigenvalue weighted by Gasteiger charge is -2.34. The summed E-state index contributed by atoms with van der Waals surface area (Å²) < 4.78 is 1.62. The normalized spacial score (nSPS) is 15.8. The number of nitrogens with zero attached hydrogens (tertiary/aromatic N) is 6. The maximum atomic E-state index is 13.4. The molecule has 0 aliphatic carbocycles. The molecule has 5 rings (SSSR count). The monoisotopic (exact) mass is 419 g/mol. The van der Waals surface area contributed by atoms with Crippen LogP contribution in [0.3, 0.4) is 0 Å². The van der Waals surface area contributed by atoms with Crippen molar-refractivity contribution in [3.8, 4) is 0 Å². The number of carbonyl (C=O) groups excluding carboxylic acids is 1. The van der Waals surface area contributed by atoms with Crippen molar-refractivity contribution in [3.63, 3.8) is 0 Å². The summed E-state index contributed by atoms with van der Waals surface area (Å²) in [7, 11) is 0. The number of halogens is 1. The Morgan fingerprint density at radius 2 is 2.13 bits per heavy atom. The molecule has 1 amide bonds. The minimum atomic E-state index is -0.324. The quantitative estimate of drug-likeness (QED) is 0.549. The predicted molar refractivity (Wildman–Crippen MR) is 110 cm³/mol. The molecule has 3 aromatic heterocycles.